The van der Waals surface area contributed by atoms with Crippen molar-refractivity contribution in [2.45, 2.75) is 30.7 Å². The molecule has 0 saturated carbocycles. The molecule has 0 spiro atoms. The minimum Gasteiger partial charge on any atom is -0.490 e. The summed E-state index contributed by atoms with van der Waals surface area (Å²) in [5.74, 6) is 0.604. The molecule has 5 rings (SSSR count). The van der Waals surface area contributed by atoms with Gasteiger partial charge in [-0.1, -0.05) is 23.7 Å². The second-order valence-electron chi connectivity index (χ2n) is 8.63. The Morgan fingerprint density at radius 3 is 2.65 bits per heavy atom. The Morgan fingerprint density at radius 1 is 1.18 bits per heavy atom. The summed E-state index contributed by atoms with van der Waals surface area (Å²) < 4.78 is 49.7. The van der Waals surface area contributed by atoms with Crippen LogP contribution in [0, 0.1) is 11.7 Å². The second-order valence-corrected chi connectivity index (χ2v) is 11.0. The van der Waals surface area contributed by atoms with E-state index in [1.807, 2.05) is 0 Å². The number of sulfone groups is 1. The van der Waals surface area contributed by atoms with Crippen LogP contribution in [0.15, 0.2) is 53.7 Å². The van der Waals surface area contributed by atoms with Crippen LogP contribution in [0.25, 0.3) is 11.1 Å². The van der Waals surface area contributed by atoms with Crippen LogP contribution in [-0.4, -0.2) is 43.5 Å². The minimum absolute atomic E-state index is 0.166. The number of halogens is 2. The lowest BCUT2D eigenvalue weighted by atomic mass is 9.92. The number of hydrogen-bond donors (Lipinski definition) is 0. The van der Waals surface area contributed by atoms with Crippen molar-refractivity contribution in [3.63, 3.8) is 0 Å². The largest absolute Gasteiger partial charge is 0.490 e. The highest BCUT2D eigenvalue weighted by atomic mass is 35.5. The topological polar surface area (TPSA) is 81.6 Å². The van der Waals surface area contributed by atoms with Crippen molar-refractivity contribution in [2.24, 2.45) is 5.92 Å². The van der Waals surface area contributed by atoms with Crippen LogP contribution in [0.3, 0.4) is 0 Å². The Balaban J connectivity index is 1.21. The van der Waals surface area contributed by atoms with Crippen LogP contribution in [0.5, 0.6) is 11.5 Å². The zero-order chi connectivity index (χ0) is 23.9. The van der Waals surface area contributed by atoms with Gasteiger partial charge in [-0.3, -0.25) is 0 Å². The molecule has 0 amide bonds. The summed E-state index contributed by atoms with van der Waals surface area (Å²) in [5, 5.41) is 0.505. The van der Waals surface area contributed by atoms with E-state index in [1.165, 1.54) is 12.1 Å². The van der Waals surface area contributed by atoms with Gasteiger partial charge in [0, 0.05) is 12.6 Å². The van der Waals surface area contributed by atoms with E-state index >= 15 is 0 Å². The lowest BCUT2D eigenvalue weighted by Gasteiger charge is -2.37. The number of rotatable bonds is 5. The third-order valence-corrected chi connectivity index (χ3v) is 7.87. The van der Waals surface area contributed by atoms with Gasteiger partial charge in [0.05, 0.1) is 24.0 Å². The predicted molar refractivity (Wildman–Crippen MR) is 127 cm³/mol. The van der Waals surface area contributed by atoms with Gasteiger partial charge in [0.15, 0.2) is 17.5 Å². The average molecular weight is 504 g/mol. The van der Waals surface area contributed by atoms with Gasteiger partial charge in [0.2, 0.25) is 15.8 Å². The Morgan fingerprint density at radius 2 is 1.91 bits per heavy atom. The molecule has 2 aliphatic rings. The van der Waals surface area contributed by atoms with Gasteiger partial charge < -0.3 is 14.4 Å². The Labute approximate surface area is 202 Å². The number of nitrogens with zero attached hydrogens (tertiary/aromatic N) is 3. The maximum atomic E-state index is 14.8. The number of piperidine rings is 1. The molecular formula is C24H23ClFN3O4S. The van der Waals surface area contributed by atoms with Crippen LogP contribution in [-0.2, 0) is 9.84 Å². The Kier molecular flexibility index (Phi) is 6.07. The van der Waals surface area contributed by atoms with Crippen LogP contribution in [0.4, 0.5) is 10.3 Å². The van der Waals surface area contributed by atoms with Crippen molar-refractivity contribution in [3.8, 4) is 22.6 Å². The van der Waals surface area contributed by atoms with Gasteiger partial charge in [0.25, 0.3) is 0 Å². The van der Waals surface area contributed by atoms with Crippen LogP contribution in [0.2, 0.25) is 5.02 Å². The molecule has 0 aliphatic carbocycles. The summed E-state index contributed by atoms with van der Waals surface area (Å²) in [7, 11) is -3.39. The number of benzene rings is 2. The molecule has 178 valence electrons. The highest BCUT2D eigenvalue weighted by molar-refractivity contribution is 7.91. The molecule has 0 radical (unpaired) electrons. The van der Waals surface area contributed by atoms with Gasteiger partial charge in [-0.05, 0) is 61.1 Å². The molecule has 10 heteroatoms. The van der Waals surface area contributed by atoms with E-state index in [0.717, 1.165) is 19.4 Å². The molecular weight excluding hydrogens is 481 g/mol. The normalized spacial score (nSPS) is 21.1. The Hall–Kier alpha value is -2.91. The van der Waals surface area contributed by atoms with Crippen molar-refractivity contribution in [1.82, 2.24) is 9.97 Å². The zero-order valence-electron chi connectivity index (χ0n) is 18.4. The van der Waals surface area contributed by atoms with Crippen molar-refractivity contribution in [1.29, 1.82) is 0 Å². The molecule has 2 atom stereocenters. The highest BCUT2D eigenvalue weighted by Crippen LogP contribution is 2.36. The summed E-state index contributed by atoms with van der Waals surface area (Å²) in [6, 6.07) is 9.75. The van der Waals surface area contributed by atoms with Crippen LogP contribution >= 0.6 is 11.6 Å². The fourth-order valence-electron chi connectivity index (χ4n) is 4.44. The third kappa shape index (κ3) is 4.54. The second kappa shape index (κ2) is 9.03. The van der Waals surface area contributed by atoms with Gasteiger partial charge in [-0.25, -0.2) is 22.8 Å². The summed E-state index contributed by atoms with van der Waals surface area (Å²) in [6.45, 7) is 3.32. The molecule has 0 bridgehead atoms. The number of hydrogen-bond acceptors (Lipinski definition) is 7. The van der Waals surface area contributed by atoms with Crippen molar-refractivity contribution in [3.05, 3.63) is 59.6 Å². The molecule has 34 heavy (non-hydrogen) atoms. The minimum atomic E-state index is -3.39. The molecule has 2 aliphatic heterocycles. The number of aromatic nitrogens is 2. The van der Waals surface area contributed by atoms with E-state index in [2.05, 4.69) is 21.8 Å². The van der Waals surface area contributed by atoms with Crippen LogP contribution in [0.1, 0.15) is 19.8 Å². The van der Waals surface area contributed by atoms with Crippen molar-refractivity contribution < 1.29 is 22.3 Å². The Bertz CT molecular complexity index is 1320. The summed E-state index contributed by atoms with van der Waals surface area (Å²) in [6.07, 6.45) is 4.95. The standard InChI is InChI=1S/C24H23ClFN3O4S/c1-15-8-16(6-7-29(15)24-27-11-19(25)12-28-24)13-32-21-4-2-17(9-20(21)26)18-3-5-23-22(10-18)33-14-34(23,30)31/h2-5,9-12,15-16H,6-8,13-14H2,1H3. The monoisotopic (exact) mass is 503 g/mol. The summed E-state index contributed by atoms with van der Waals surface area (Å²) in [4.78, 5) is 10.9. The molecule has 7 nitrogen and oxygen atoms in total. The molecule has 1 aromatic heterocycles. The first-order valence-corrected chi connectivity index (χ1v) is 13.0. The fraction of sp³-hybridized carbons (Fsp3) is 0.333. The van der Waals surface area contributed by atoms with Gasteiger partial charge in [-0.2, -0.15) is 0 Å². The molecule has 2 unspecified atom stereocenters. The number of fused-ring (bicyclic) bond motifs is 1. The molecule has 0 N–H and O–H groups in total. The van der Waals surface area contributed by atoms with E-state index in [0.29, 0.717) is 34.5 Å². The van der Waals surface area contributed by atoms with Gasteiger partial charge in [-0.15, -0.1) is 0 Å². The third-order valence-electron chi connectivity index (χ3n) is 6.24. The SMILES string of the molecule is CC1CC(COc2ccc(-c3ccc4c(c3)OCS4(=O)=O)cc2F)CCN1c1ncc(Cl)cn1. The molecule has 2 aromatic carbocycles. The van der Waals surface area contributed by atoms with Gasteiger partial charge in [0.1, 0.15) is 10.6 Å². The summed E-state index contributed by atoms with van der Waals surface area (Å²) in [5.41, 5.74) is 1.29. The van der Waals surface area contributed by atoms with E-state index in [4.69, 9.17) is 21.1 Å². The fourth-order valence-corrected chi connectivity index (χ4v) is 5.65. The maximum Gasteiger partial charge on any atom is 0.225 e. The van der Waals surface area contributed by atoms with Crippen molar-refractivity contribution >= 4 is 27.4 Å². The maximum absolute atomic E-state index is 14.8. The number of anilines is 1. The quantitative estimate of drug-likeness (QED) is 0.497. The molecule has 1 fully saturated rings. The lowest BCUT2D eigenvalue weighted by Crippen LogP contribution is -2.43. The van der Waals surface area contributed by atoms with Crippen LogP contribution < -0.4 is 14.4 Å². The molecule has 3 heterocycles. The van der Waals surface area contributed by atoms with E-state index < -0.39 is 15.7 Å². The smallest absolute Gasteiger partial charge is 0.225 e. The van der Waals surface area contributed by atoms with Crippen molar-refractivity contribution in [2.75, 3.05) is 24.0 Å². The average Bonchev–Trinajstić information content (AvgIpc) is 3.13. The highest BCUT2D eigenvalue weighted by Gasteiger charge is 2.29. The molecule has 1 saturated heterocycles. The van der Waals surface area contributed by atoms with E-state index in [9.17, 15) is 12.8 Å². The zero-order valence-corrected chi connectivity index (χ0v) is 20.0. The summed E-state index contributed by atoms with van der Waals surface area (Å²) >= 11 is 5.88. The van der Waals surface area contributed by atoms with Gasteiger partial charge >= 0.3 is 0 Å². The first kappa shape index (κ1) is 22.9. The van der Waals surface area contributed by atoms with E-state index in [1.54, 1.807) is 36.7 Å². The lowest BCUT2D eigenvalue weighted by molar-refractivity contribution is 0.202. The molecule has 3 aromatic rings. The predicted octanol–water partition coefficient (Wildman–Crippen LogP) is 4.74. The first-order valence-electron chi connectivity index (χ1n) is 11.0. The number of ether oxygens (including phenoxy) is 2. The van der Waals surface area contributed by atoms with E-state index in [-0.39, 0.29) is 28.5 Å². The first-order chi connectivity index (χ1) is 16.3.